The largest absolute Gasteiger partial charge is 0.247 e. The molecule has 11 heavy (non-hydrogen) atoms. The van der Waals surface area contributed by atoms with E-state index < -0.39 is 6.17 Å². The Kier molecular flexibility index (Phi) is 3.06. The smallest absolute Gasteiger partial charge is 0.101 e. The molecule has 1 aromatic rings. The minimum Gasteiger partial charge on any atom is -0.247 e. The number of rotatable bonds is 2. The summed E-state index contributed by atoms with van der Waals surface area (Å²) < 4.78 is 13.5. The summed E-state index contributed by atoms with van der Waals surface area (Å²) in [5, 5.41) is 0. The Bertz CT molecular complexity index is 233. The van der Waals surface area contributed by atoms with E-state index in [0.717, 1.165) is 10.0 Å². The van der Waals surface area contributed by atoms with E-state index in [1.54, 1.807) is 6.92 Å². The molecule has 0 radical (unpaired) electrons. The van der Waals surface area contributed by atoms with Crippen LogP contribution in [0, 0.1) is 0 Å². The molecule has 0 aliphatic rings. The maximum Gasteiger partial charge on any atom is 0.101 e. The zero-order chi connectivity index (χ0) is 8.27. The number of hydrogen-bond donors (Lipinski definition) is 0. The summed E-state index contributed by atoms with van der Waals surface area (Å²) >= 11 is 3.36. The van der Waals surface area contributed by atoms with Crippen LogP contribution in [0.2, 0.25) is 0 Å². The molecule has 0 spiro atoms. The van der Waals surface area contributed by atoms with Gasteiger partial charge in [0.1, 0.15) is 6.17 Å². The molecule has 0 aliphatic heterocycles. The van der Waals surface area contributed by atoms with E-state index in [1.165, 1.54) is 0 Å². The summed E-state index contributed by atoms with van der Waals surface area (Å²) in [6, 6.07) is 7.71. The second kappa shape index (κ2) is 3.86. The lowest BCUT2D eigenvalue weighted by Gasteiger charge is -2.03. The lowest BCUT2D eigenvalue weighted by Crippen LogP contribution is -1.98. The standard InChI is InChI=1S/C9H10BrF/c1-7(11)6-8-4-2-3-5-9(8)10/h2-5,7H,6H2,1H3. The quantitative estimate of drug-likeness (QED) is 0.712. The second-order valence-electron chi connectivity index (χ2n) is 2.58. The first kappa shape index (κ1) is 8.72. The van der Waals surface area contributed by atoms with Crippen LogP contribution in [0.4, 0.5) is 4.39 Å². The van der Waals surface area contributed by atoms with Gasteiger partial charge in [-0.3, -0.25) is 0 Å². The van der Waals surface area contributed by atoms with Crippen LogP contribution in [0.1, 0.15) is 12.5 Å². The third-order valence-electron chi connectivity index (χ3n) is 1.46. The second-order valence-corrected chi connectivity index (χ2v) is 3.43. The SMILES string of the molecule is CC(F)Cc1ccccc1Br. The maximum absolute atomic E-state index is 12.5. The first-order valence-corrected chi connectivity index (χ1v) is 4.37. The molecule has 1 unspecified atom stereocenters. The van der Waals surface area contributed by atoms with E-state index >= 15 is 0 Å². The predicted octanol–water partition coefficient (Wildman–Crippen LogP) is 3.35. The fraction of sp³-hybridized carbons (Fsp3) is 0.333. The minimum atomic E-state index is -0.770. The van der Waals surface area contributed by atoms with Gasteiger partial charge in [0.25, 0.3) is 0 Å². The zero-order valence-electron chi connectivity index (χ0n) is 6.35. The Balaban J connectivity index is 2.78. The molecular weight excluding hydrogens is 207 g/mol. The fourth-order valence-corrected chi connectivity index (χ4v) is 1.41. The van der Waals surface area contributed by atoms with Gasteiger partial charge in [-0.05, 0) is 18.6 Å². The van der Waals surface area contributed by atoms with Crippen molar-refractivity contribution in [3.8, 4) is 0 Å². The monoisotopic (exact) mass is 216 g/mol. The van der Waals surface area contributed by atoms with Gasteiger partial charge >= 0.3 is 0 Å². The van der Waals surface area contributed by atoms with Crippen molar-refractivity contribution >= 4 is 15.9 Å². The molecule has 0 heterocycles. The van der Waals surface area contributed by atoms with Gasteiger partial charge in [-0.2, -0.15) is 0 Å². The van der Waals surface area contributed by atoms with Gasteiger partial charge in [0.2, 0.25) is 0 Å². The highest BCUT2D eigenvalue weighted by Crippen LogP contribution is 2.17. The third-order valence-corrected chi connectivity index (χ3v) is 2.23. The average Bonchev–Trinajstić information content (AvgIpc) is 1.93. The van der Waals surface area contributed by atoms with Gasteiger partial charge in [0.15, 0.2) is 0 Å². The normalized spacial score (nSPS) is 13.0. The fourth-order valence-electron chi connectivity index (χ4n) is 0.967. The van der Waals surface area contributed by atoms with Crippen LogP contribution in [0.25, 0.3) is 0 Å². The highest BCUT2D eigenvalue weighted by Gasteiger charge is 2.02. The first-order valence-electron chi connectivity index (χ1n) is 3.57. The van der Waals surface area contributed by atoms with Crippen molar-refractivity contribution in [1.29, 1.82) is 0 Å². The van der Waals surface area contributed by atoms with Crippen LogP contribution >= 0.6 is 15.9 Å². The minimum absolute atomic E-state index is 0.488. The molecule has 0 nitrogen and oxygen atoms in total. The molecule has 1 aromatic carbocycles. The predicted molar refractivity (Wildman–Crippen MR) is 48.4 cm³/mol. The summed E-state index contributed by atoms with van der Waals surface area (Å²) in [5.41, 5.74) is 1.03. The van der Waals surface area contributed by atoms with E-state index in [2.05, 4.69) is 15.9 Å². The molecule has 0 fully saturated rings. The summed E-state index contributed by atoms with van der Waals surface area (Å²) in [6.45, 7) is 1.57. The van der Waals surface area contributed by atoms with Crippen molar-refractivity contribution in [2.24, 2.45) is 0 Å². The Labute approximate surface area is 74.6 Å². The topological polar surface area (TPSA) is 0 Å². The molecule has 0 bridgehead atoms. The third kappa shape index (κ3) is 2.62. The van der Waals surface area contributed by atoms with Crippen molar-refractivity contribution in [3.05, 3.63) is 34.3 Å². The average molecular weight is 217 g/mol. The van der Waals surface area contributed by atoms with Gasteiger partial charge in [-0.1, -0.05) is 34.1 Å². The number of halogens is 2. The Hall–Kier alpha value is -0.370. The van der Waals surface area contributed by atoms with Gasteiger partial charge in [0.05, 0.1) is 0 Å². The van der Waals surface area contributed by atoms with Gasteiger partial charge in [0, 0.05) is 10.9 Å². The molecule has 60 valence electrons. The number of benzene rings is 1. The lowest BCUT2D eigenvalue weighted by molar-refractivity contribution is 0.360. The molecule has 0 saturated carbocycles. The molecule has 0 aliphatic carbocycles. The van der Waals surface area contributed by atoms with Crippen molar-refractivity contribution in [2.45, 2.75) is 19.5 Å². The van der Waals surface area contributed by atoms with E-state index in [9.17, 15) is 4.39 Å². The van der Waals surface area contributed by atoms with Crippen LogP contribution in [-0.2, 0) is 6.42 Å². The Morgan fingerprint density at radius 3 is 2.64 bits per heavy atom. The van der Waals surface area contributed by atoms with Crippen LogP contribution < -0.4 is 0 Å². The zero-order valence-corrected chi connectivity index (χ0v) is 7.94. The molecule has 0 N–H and O–H groups in total. The number of hydrogen-bond acceptors (Lipinski definition) is 0. The maximum atomic E-state index is 12.5. The number of alkyl halides is 1. The molecule has 0 amide bonds. The van der Waals surface area contributed by atoms with E-state index in [0.29, 0.717) is 6.42 Å². The van der Waals surface area contributed by atoms with Gasteiger partial charge in [-0.25, -0.2) is 4.39 Å². The van der Waals surface area contributed by atoms with Crippen LogP contribution in [0.15, 0.2) is 28.7 Å². The highest BCUT2D eigenvalue weighted by molar-refractivity contribution is 9.10. The van der Waals surface area contributed by atoms with Crippen LogP contribution in [0.5, 0.6) is 0 Å². The van der Waals surface area contributed by atoms with Crippen LogP contribution in [-0.4, -0.2) is 6.17 Å². The van der Waals surface area contributed by atoms with Gasteiger partial charge in [-0.15, -0.1) is 0 Å². The molecular formula is C9H10BrF. The molecule has 0 saturated heterocycles. The van der Waals surface area contributed by atoms with Crippen LogP contribution in [0.3, 0.4) is 0 Å². The molecule has 0 aromatic heterocycles. The highest BCUT2D eigenvalue weighted by atomic mass is 79.9. The summed E-state index contributed by atoms with van der Waals surface area (Å²) in [5.74, 6) is 0. The van der Waals surface area contributed by atoms with E-state index in [-0.39, 0.29) is 0 Å². The molecule has 1 atom stereocenters. The van der Waals surface area contributed by atoms with Gasteiger partial charge < -0.3 is 0 Å². The Morgan fingerprint density at radius 2 is 2.09 bits per heavy atom. The van der Waals surface area contributed by atoms with E-state index in [4.69, 9.17) is 0 Å². The van der Waals surface area contributed by atoms with Crippen molar-refractivity contribution < 1.29 is 4.39 Å². The van der Waals surface area contributed by atoms with Crippen molar-refractivity contribution in [2.75, 3.05) is 0 Å². The lowest BCUT2D eigenvalue weighted by atomic mass is 10.1. The molecule has 1 rings (SSSR count). The molecule has 2 heteroatoms. The Morgan fingerprint density at radius 1 is 1.45 bits per heavy atom. The van der Waals surface area contributed by atoms with E-state index in [1.807, 2.05) is 24.3 Å². The first-order chi connectivity index (χ1) is 5.20. The summed E-state index contributed by atoms with van der Waals surface area (Å²) in [4.78, 5) is 0. The summed E-state index contributed by atoms with van der Waals surface area (Å²) in [6.07, 6.45) is -0.282. The van der Waals surface area contributed by atoms with Crippen molar-refractivity contribution in [1.82, 2.24) is 0 Å². The summed E-state index contributed by atoms with van der Waals surface area (Å²) in [7, 11) is 0. The van der Waals surface area contributed by atoms with Crippen molar-refractivity contribution in [3.63, 3.8) is 0 Å².